The molecule has 0 radical (unpaired) electrons. The summed E-state index contributed by atoms with van der Waals surface area (Å²) in [6, 6.07) is 0.215. The predicted molar refractivity (Wildman–Crippen MR) is 105 cm³/mol. The van der Waals surface area contributed by atoms with Gasteiger partial charge in [0.2, 0.25) is 0 Å². The normalized spacial score (nSPS) is 17.7. The Morgan fingerprint density at radius 1 is 1.31 bits per heavy atom. The number of piperidine rings is 1. The van der Waals surface area contributed by atoms with Gasteiger partial charge in [0.1, 0.15) is 16.5 Å². The highest BCUT2D eigenvalue weighted by Gasteiger charge is 2.24. The van der Waals surface area contributed by atoms with E-state index in [9.17, 15) is 4.79 Å². The molecule has 7 nitrogen and oxygen atoms in total. The van der Waals surface area contributed by atoms with E-state index in [0.717, 1.165) is 47.8 Å². The van der Waals surface area contributed by atoms with Crippen LogP contribution in [-0.2, 0) is 7.05 Å². The number of thiophene rings is 1. The zero-order valence-corrected chi connectivity index (χ0v) is 16.0. The van der Waals surface area contributed by atoms with Gasteiger partial charge in [-0.3, -0.25) is 4.79 Å². The Bertz CT molecular complexity index is 1010. The molecule has 1 saturated heterocycles. The summed E-state index contributed by atoms with van der Waals surface area (Å²) in [5.74, 6) is 2.19. The van der Waals surface area contributed by atoms with Crippen LogP contribution in [0.3, 0.4) is 0 Å². The number of aryl methyl sites for hydroxylation is 3. The second kappa shape index (κ2) is 6.68. The zero-order valence-electron chi connectivity index (χ0n) is 15.2. The molecule has 26 heavy (non-hydrogen) atoms. The van der Waals surface area contributed by atoms with E-state index < -0.39 is 0 Å². The minimum Gasteiger partial charge on any atom is -0.365 e. The average Bonchev–Trinajstić information content (AvgIpc) is 2.98. The van der Waals surface area contributed by atoms with Crippen molar-refractivity contribution in [1.29, 1.82) is 0 Å². The van der Waals surface area contributed by atoms with E-state index in [4.69, 9.17) is 0 Å². The Balaban J connectivity index is 1.61. The maximum absolute atomic E-state index is 12.4. The van der Waals surface area contributed by atoms with E-state index in [2.05, 4.69) is 37.5 Å². The third kappa shape index (κ3) is 3.05. The van der Waals surface area contributed by atoms with E-state index in [1.54, 1.807) is 35.3 Å². The summed E-state index contributed by atoms with van der Waals surface area (Å²) >= 11 is 1.65. The van der Waals surface area contributed by atoms with Crippen molar-refractivity contribution in [2.75, 3.05) is 23.3 Å². The van der Waals surface area contributed by atoms with Gasteiger partial charge in [0, 0.05) is 38.6 Å². The summed E-state index contributed by atoms with van der Waals surface area (Å²) in [6.45, 7) is 5.60. The van der Waals surface area contributed by atoms with Crippen LogP contribution in [0.5, 0.6) is 0 Å². The van der Waals surface area contributed by atoms with Crippen LogP contribution in [0.1, 0.15) is 24.2 Å². The molecule has 1 N–H and O–H groups in total. The second-order valence-electron chi connectivity index (χ2n) is 6.81. The minimum atomic E-state index is -0.0536. The number of rotatable bonds is 3. The van der Waals surface area contributed by atoms with Gasteiger partial charge in [-0.05, 0) is 37.6 Å². The number of hydrogen-bond donors (Lipinski definition) is 1. The Morgan fingerprint density at radius 3 is 3.00 bits per heavy atom. The molecule has 0 bridgehead atoms. The van der Waals surface area contributed by atoms with E-state index in [1.807, 2.05) is 6.92 Å². The van der Waals surface area contributed by atoms with Crippen LogP contribution in [0.2, 0.25) is 0 Å². The summed E-state index contributed by atoms with van der Waals surface area (Å²) in [7, 11) is 1.76. The van der Waals surface area contributed by atoms with Crippen molar-refractivity contribution < 1.29 is 0 Å². The van der Waals surface area contributed by atoms with Crippen molar-refractivity contribution in [2.45, 2.75) is 32.7 Å². The third-order valence-electron chi connectivity index (χ3n) is 4.79. The topological polar surface area (TPSA) is 75.9 Å². The van der Waals surface area contributed by atoms with Crippen LogP contribution in [0.25, 0.3) is 10.2 Å². The van der Waals surface area contributed by atoms with Gasteiger partial charge in [-0.2, -0.15) is 0 Å². The number of aromatic nitrogens is 4. The lowest BCUT2D eigenvalue weighted by atomic mass is 10.1. The number of nitrogens with zero attached hydrogens (tertiary/aromatic N) is 5. The first kappa shape index (κ1) is 17.0. The number of nitrogens with one attached hydrogen (secondary N) is 1. The molecule has 1 fully saturated rings. The molecule has 0 aliphatic carbocycles. The highest BCUT2D eigenvalue weighted by Crippen LogP contribution is 2.30. The molecular formula is C18H22N6OS. The molecule has 0 amide bonds. The lowest BCUT2D eigenvalue weighted by molar-refractivity contribution is 0.523. The van der Waals surface area contributed by atoms with Crippen molar-refractivity contribution in [3.63, 3.8) is 0 Å². The van der Waals surface area contributed by atoms with E-state index in [0.29, 0.717) is 5.82 Å². The van der Waals surface area contributed by atoms with Crippen molar-refractivity contribution in [3.8, 4) is 0 Å². The molecule has 8 heteroatoms. The molecule has 0 aromatic carbocycles. The summed E-state index contributed by atoms with van der Waals surface area (Å²) < 4.78 is 1.57. The van der Waals surface area contributed by atoms with Crippen LogP contribution in [-0.4, -0.2) is 38.7 Å². The van der Waals surface area contributed by atoms with Crippen LogP contribution in [0, 0.1) is 13.8 Å². The van der Waals surface area contributed by atoms with Gasteiger partial charge in [-0.25, -0.2) is 15.0 Å². The number of hydrogen-bond acceptors (Lipinski definition) is 7. The number of fused-ring (bicyclic) bond motifs is 1. The quantitative estimate of drug-likeness (QED) is 0.763. The van der Waals surface area contributed by atoms with E-state index in [-0.39, 0.29) is 11.6 Å². The molecule has 3 aromatic rings. The highest BCUT2D eigenvalue weighted by molar-refractivity contribution is 7.17. The van der Waals surface area contributed by atoms with Gasteiger partial charge in [-0.1, -0.05) is 0 Å². The molecule has 4 heterocycles. The van der Waals surface area contributed by atoms with Crippen LogP contribution in [0.15, 0.2) is 22.6 Å². The summed E-state index contributed by atoms with van der Waals surface area (Å²) in [6.07, 6.45) is 5.41. The molecule has 0 unspecified atom stereocenters. The van der Waals surface area contributed by atoms with Gasteiger partial charge >= 0.3 is 0 Å². The summed E-state index contributed by atoms with van der Waals surface area (Å²) in [5, 5.41) is 6.83. The lowest BCUT2D eigenvalue weighted by Crippen LogP contribution is -2.45. The third-order valence-corrected chi connectivity index (χ3v) is 5.78. The maximum Gasteiger partial charge on any atom is 0.293 e. The first-order chi connectivity index (χ1) is 12.5. The van der Waals surface area contributed by atoms with Crippen molar-refractivity contribution in [1.82, 2.24) is 19.5 Å². The molecule has 4 rings (SSSR count). The van der Waals surface area contributed by atoms with Crippen LogP contribution in [0.4, 0.5) is 11.6 Å². The Hall–Kier alpha value is -2.48. The Kier molecular flexibility index (Phi) is 4.36. The largest absolute Gasteiger partial charge is 0.365 e. The van der Waals surface area contributed by atoms with Gasteiger partial charge in [-0.15, -0.1) is 11.3 Å². The first-order valence-electron chi connectivity index (χ1n) is 8.78. The van der Waals surface area contributed by atoms with E-state index in [1.165, 1.54) is 5.56 Å². The standard InChI is InChI=1S/C18H22N6OS/c1-11-10-26-17-14(11)15(20-12(2)21-17)22-13-5-4-7-24(9-13)16-18(25)23(3)8-6-19-16/h6,8,10,13H,4-5,7,9H2,1-3H3,(H,20,21,22)/t13-/m1/s1. The highest BCUT2D eigenvalue weighted by atomic mass is 32.1. The van der Waals surface area contributed by atoms with Crippen molar-refractivity contribution in [2.24, 2.45) is 7.05 Å². The van der Waals surface area contributed by atoms with Gasteiger partial charge in [0.25, 0.3) is 5.56 Å². The summed E-state index contributed by atoms with van der Waals surface area (Å²) in [5.41, 5.74) is 1.14. The van der Waals surface area contributed by atoms with Gasteiger partial charge in [0.15, 0.2) is 5.82 Å². The first-order valence-corrected chi connectivity index (χ1v) is 9.66. The molecule has 3 aromatic heterocycles. The SMILES string of the molecule is Cc1nc(N[C@@H]2CCCN(c3nccn(C)c3=O)C2)c2c(C)csc2n1. The fourth-order valence-electron chi connectivity index (χ4n) is 3.48. The monoisotopic (exact) mass is 370 g/mol. The second-order valence-corrected chi connectivity index (χ2v) is 7.67. The number of anilines is 2. The van der Waals surface area contributed by atoms with Gasteiger partial charge in [0.05, 0.1) is 5.39 Å². The Morgan fingerprint density at radius 2 is 2.15 bits per heavy atom. The molecular weight excluding hydrogens is 348 g/mol. The fraction of sp³-hybridized carbons (Fsp3) is 0.444. The average molecular weight is 370 g/mol. The molecule has 136 valence electrons. The van der Waals surface area contributed by atoms with Crippen LogP contribution >= 0.6 is 11.3 Å². The van der Waals surface area contributed by atoms with Gasteiger partial charge < -0.3 is 14.8 Å². The Labute approximate surface area is 155 Å². The molecule has 1 aliphatic rings. The van der Waals surface area contributed by atoms with Crippen molar-refractivity contribution >= 4 is 33.2 Å². The fourth-order valence-corrected chi connectivity index (χ4v) is 4.44. The smallest absolute Gasteiger partial charge is 0.293 e. The molecule has 1 atom stereocenters. The molecule has 0 spiro atoms. The minimum absolute atomic E-state index is 0.0536. The lowest BCUT2D eigenvalue weighted by Gasteiger charge is -2.34. The molecule has 0 saturated carbocycles. The zero-order chi connectivity index (χ0) is 18.3. The predicted octanol–water partition coefficient (Wildman–Crippen LogP) is 2.48. The summed E-state index contributed by atoms with van der Waals surface area (Å²) in [4.78, 5) is 29.0. The molecule has 1 aliphatic heterocycles. The van der Waals surface area contributed by atoms with E-state index >= 15 is 0 Å². The van der Waals surface area contributed by atoms with Crippen molar-refractivity contribution in [3.05, 3.63) is 39.5 Å². The van der Waals surface area contributed by atoms with Crippen LogP contribution < -0.4 is 15.8 Å². The maximum atomic E-state index is 12.4.